The largest absolute Gasteiger partial charge is 0.370 e. The number of nitrogens with zero attached hydrogens (tertiary/aromatic N) is 1. The molecule has 0 bridgehead atoms. The van der Waals surface area contributed by atoms with Crippen LogP contribution in [-0.4, -0.2) is 35.8 Å². The van der Waals surface area contributed by atoms with E-state index in [1.165, 1.54) is 0 Å². The Morgan fingerprint density at radius 3 is 2.22 bits per heavy atom. The number of carbonyl (C=O) groups is 2. The molecule has 1 fully saturated rings. The van der Waals surface area contributed by atoms with E-state index in [-0.39, 0.29) is 24.7 Å². The molecule has 6 heteroatoms. The molecule has 1 aliphatic rings. The molecule has 1 aliphatic heterocycles. The van der Waals surface area contributed by atoms with E-state index in [9.17, 15) is 9.59 Å². The summed E-state index contributed by atoms with van der Waals surface area (Å²) >= 11 is 0. The Hall–Kier alpha value is -0.810. The molecule has 1 atom stereocenters. The van der Waals surface area contributed by atoms with Crippen LogP contribution in [0.4, 0.5) is 0 Å². The quantitative estimate of drug-likeness (QED) is 0.791. The second-order valence-corrected chi connectivity index (χ2v) is 5.27. The molecule has 0 aromatic rings. The molecule has 106 valence electrons. The molecule has 2 amide bonds. The number of likely N-dealkylation sites (tertiary alicyclic amines) is 1. The van der Waals surface area contributed by atoms with Crippen molar-refractivity contribution >= 4 is 24.2 Å². The lowest BCUT2D eigenvalue weighted by atomic mass is 9.78. The average Bonchev–Trinajstić information content (AvgIpc) is 2.28. The Morgan fingerprint density at radius 1 is 1.33 bits per heavy atom. The van der Waals surface area contributed by atoms with Crippen molar-refractivity contribution < 1.29 is 9.59 Å². The van der Waals surface area contributed by atoms with Gasteiger partial charge in [-0.25, -0.2) is 0 Å². The van der Waals surface area contributed by atoms with E-state index in [1.54, 1.807) is 4.90 Å². The highest BCUT2D eigenvalue weighted by Gasteiger charge is 2.32. The van der Waals surface area contributed by atoms with Crippen molar-refractivity contribution in [2.24, 2.45) is 16.9 Å². The summed E-state index contributed by atoms with van der Waals surface area (Å²) in [6, 6.07) is -0.779. The molecule has 4 N–H and O–H groups in total. The fourth-order valence-electron chi connectivity index (χ4n) is 2.16. The number of primary amides is 1. The Morgan fingerprint density at radius 2 is 1.83 bits per heavy atom. The number of hydrogen-bond acceptors (Lipinski definition) is 3. The van der Waals surface area contributed by atoms with Crippen molar-refractivity contribution in [3.8, 4) is 0 Å². The first-order chi connectivity index (χ1) is 7.88. The van der Waals surface area contributed by atoms with Gasteiger partial charge in [0.15, 0.2) is 0 Å². The standard InChI is InChI=1S/C12H23N3O2.ClH/c1-3-12(2)4-6-15(7-5-12)11(17)9(13)8-10(14)16;/h9H,3-8,13H2,1-2H3,(H2,14,16);1H. The third-order valence-electron chi connectivity index (χ3n) is 3.87. The van der Waals surface area contributed by atoms with Crippen LogP contribution in [0.25, 0.3) is 0 Å². The van der Waals surface area contributed by atoms with Gasteiger partial charge in [-0.2, -0.15) is 0 Å². The summed E-state index contributed by atoms with van der Waals surface area (Å²) in [5.41, 5.74) is 11.0. The number of nitrogens with two attached hydrogens (primary N) is 2. The molecule has 1 rings (SSSR count). The molecule has 1 heterocycles. The van der Waals surface area contributed by atoms with Crippen LogP contribution in [0.2, 0.25) is 0 Å². The summed E-state index contributed by atoms with van der Waals surface area (Å²) in [5.74, 6) is -0.678. The van der Waals surface area contributed by atoms with Crippen LogP contribution in [0.3, 0.4) is 0 Å². The molecule has 0 aromatic heterocycles. The SMILES string of the molecule is CCC1(C)CCN(C(=O)C(N)CC(N)=O)CC1.Cl. The van der Waals surface area contributed by atoms with Crippen molar-refractivity contribution in [3.05, 3.63) is 0 Å². The van der Waals surface area contributed by atoms with Gasteiger partial charge in [-0.3, -0.25) is 9.59 Å². The van der Waals surface area contributed by atoms with E-state index in [0.29, 0.717) is 5.41 Å². The van der Waals surface area contributed by atoms with Crippen LogP contribution in [0.1, 0.15) is 39.5 Å². The molecule has 0 radical (unpaired) electrons. The summed E-state index contributed by atoms with van der Waals surface area (Å²) in [6.07, 6.45) is 3.06. The number of halogens is 1. The number of piperidine rings is 1. The first kappa shape index (κ1) is 17.2. The lowest BCUT2D eigenvalue weighted by molar-refractivity contribution is -0.136. The Labute approximate surface area is 115 Å². The molecule has 0 aliphatic carbocycles. The van der Waals surface area contributed by atoms with Gasteiger partial charge in [0.25, 0.3) is 0 Å². The third-order valence-corrected chi connectivity index (χ3v) is 3.87. The van der Waals surface area contributed by atoms with Gasteiger partial charge in [0, 0.05) is 13.1 Å². The van der Waals surface area contributed by atoms with Gasteiger partial charge in [-0.1, -0.05) is 20.3 Å². The van der Waals surface area contributed by atoms with Crippen LogP contribution in [-0.2, 0) is 9.59 Å². The first-order valence-electron chi connectivity index (χ1n) is 6.20. The van der Waals surface area contributed by atoms with E-state index in [0.717, 1.165) is 32.4 Å². The van der Waals surface area contributed by atoms with E-state index >= 15 is 0 Å². The highest BCUT2D eigenvalue weighted by atomic mass is 35.5. The van der Waals surface area contributed by atoms with Crippen molar-refractivity contribution in [2.45, 2.75) is 45.6 Å². The van der Waals surface area contributed by atoms with E-state index in [1.807, 2.05) is 0 Å². The fraction of sp³-hybridized carbons (Fsp3) is 0.833. The second kappa shape index (κ2) is 6.95. The van der Waals surface area contributed by atoms with Crippen LogP contribution < -0.4 is 11.5 Å². The Balaban J connectivity index is 0.00000289. The first-order valence-corrected chi connectivity index (χ1v) is 6.20. The van der Waals surface area contributed by atoms with Gasteiger partial charge in [0.1, 0.15) is 0 Å². The zero-order valence-corrected chi connectivity index (χ0v) is 12.0. The lowest BCUT2D eigenvalue weighted by Crippen LogP contribution is -2.49. The fourth-order valence-corrected chi connectivity index (χ4v) is 2.16. The summed E-state index contributed by atoms with van der Waals surface area (Å²) in [6.45, 7) is 5.89. The zero-order chi connectivity index (χ0) is 13.1. The van der Waals surface area contributed by atoms with Crippen LogP contribution in [0, 0.1) is 5.41 Å². The molecule has 1 saturated heterocycles. The van der Waals surface area contributed by atoms with Crippen molar-refractivity contribution in [2.75, 3.05) is 13.1 Å². The van der Waals surface area contributed by atoms with Crippen LogP contribution >= 0.6 is 12.4 Å². The molecular formula is C12H24ClN3O2. The van der Waals surface area contributed by atoms with Gasteiger partial charge in [-0.15, -0.1) is 12.4 Å². The summed E-state index contributed by atoms with van der Waals surface area (Å²) in [4.78, 5) is 24.4. The topological polar surface area (TPSA) is 89.4 Å². The Bertz CT molecular complexity index is 302. The van der Waals surface area contributed by atoms with Gasteiger partial charge in [-0.05, 0) is 18.3 Å². The van der Waals surface area contributed by atoms with Crippen LogP contribution in [0.5, 0.6) is 0 Å². The van der Waals surface area contributed by atoms with Crippen molar-refractivity contribution in [3.63, 3.8) is 0 Å². The normalized spacial score (nSPS) is 19.8. The summed E-state index contributed by atoms with van der Waals surface area (Å²) in [5, 5.41) is 0. The van der Waals surface area contributed by atoms with Crippen LogP contribution in [0.15, 0.2) is 0 Å². The molecule has 18 heavy (non-hydrogen) atoms. The Kier molecular flexibility index (Phi) is 6.63. The minimum atomic E-state index is -0.779. The maximum absolute atomic E-state index is 11.9. The van der Waals surface area contributed by atoms with Gasteiger partial charge in [0.05, 0.1) is 12.5 Å². The maximum Gasteiger partial charge on any atom is 0.240 e. The molecule has 0 spiro atoms. The smallest absolute Gasteiger partial charge is 0.240 e. The summed E-state index contributed by atoms with van der Waals surface area (Å²) in [7, 11) is 0. The van der Waals surface area contributed by atoms with Crippen molar-refractivity contribution in [1.82, 2.24) is 4.90 Å². The maximum atomic E-state index is 11.9. The van der Waals surface area contributed by atoms with E-state index in [4.69, 9.17) is 11.5 Å². The molecule has 5 nitrogen and oxygen atoms in total. The highest BCUT2D eigenvalue weighted by molar-refractivity contribution is 5.87. The second-order valence-electron chi connectivity index (χ2n) is 5.27. The highest BCUT2D eigenvalue weighted by Crippen LogP contribution is 2.33. The van der Waals surface area contributed by atoms with Crippen molar-refractivity contribution in [1.29, 1.82) is 0 Å². The number of rotatable bonds is 4. The molecular weight excluding hydrogens is 254 g/mol. The average molecular weight is 278 g/mol. The minimum Gasteiger partial charge on any atom is -0.370 e. The molecule has 0 saturated carbocycles. The minimum absolute atomic E-state index is 0. The van der Waals surface area contributed by atoms with E-state index in [2.05, 4.69) is 13.8 Å². The number of hydrogen-bond donors (Lipinski definition) is 2. The third kappa shape index (κ3) is 4.46. The van der Waals surface area contributed by atoms with Gasteiger partial charge in [0.2, 0.25) is 11.8 Å². The zero-order valence-electron chi connectivity index (χ0n) is 11.1. The monoisotopic (exact) mass is 277 g/mol. The number of amides is 2. The molecule has 0 aromatic carbocycles. The summed E-state index contributed by atoms with van der Waals surface area (Å²) < 4.78 is 0. The predicted octanol–water partition coefficient (Wildman–Crippen LogP) is 0.650. The predicted molar refractivity (Wildman–Crippen MR) is 73.2 cm³/mol. The van der Waals surface area contributed by atoms with Gasteiger partial charge >= 0.3 is 0 Å². The lowest BCUT2D eigenvalue weighted by Gasteiger charge is -2.39. The van der Waals surface area contributed by atoms with Gasteiger partial charge < -0.3 is 16.4 Å². The number of carbonyl (C=O) groups excluding carboxylic acids is 2. The molecule has 1 unspecified atom stereocenters. The van der Waals surface area contributed by atoms with E-state index < -0.39 is 11.9 Å².